The van der Waals surface area contributed by atoms with Crippen LogP contribution in [0.3, 0.4) is 0 Å². The highest BCUT2D eigenvalue weighted by molar-refractivity contribution is 7.89. The van der Waals surface area contributed by atoms with Gasteiger partial charge in [-0.1, -0.05) is 18.2 Å². The number of nitrogens with zero attached hydrogens (tertiary/aromatic N) is 1. The standard InChI is InChI=1S/C14H23N3O2S/c1-13-5-2-3-6-14(13)20(18,19)16-7-4-10-17-11-8-15-9-12-17/h2-3,5-6,15-16H,4,7-12H2,1H3. The van der Waals surface area contributed by atoms with Crippen molar-refractivity contribution >= 4 is 10.0 Å². The van der Waals surface area contributed by atoms with Crippen molar-refractivity contribution in [2.45, 2.75) is 18.2 Å². The molecule has 1 heterocycles. The van der Waals surface area contributed by atoms with Gasteiger partial charge in [0.2, 0.25) is 10.0 Å². The number of piperazine rings is 1. The molecule has 0 saturated carbocycles. The van der Waals surface area contributed by atoms with Gasteiger partial charge in [0.1, 0.15) is 0 Å². The number of hydrogen-bond donors (Lipinski definition) is 2. The first-order chi connectivity index (χ1) is 9.59. The number of aryl methyl sites for hydroxylation is 1. The van der Waals surface area contributed by atoms with Gasteiger partial charge in [-0.3, -0.25) is 0 Å². The van der Waals surface area contributed by atoms with Crippen LogP contribution in [0.25, 0.3) is 0 Å². The summed E-state index contributed by atoms with van der Waals surface area (Å²) in [6.45, 7) is 7.38. The molecular formula is C14H23N3O2S. The van der Waals surface area contributed by atoms with Gasteiger partial charge in [0.25, 0.3) is 0 Å². The maximum absolute atomic E-state index is 12.2. The molecule has 1 aromatic rings. The van der Waals surface area contributed by atoms with E-state index >= 15 is 0 Å². The fraction of sp³-hybridized carbons (Fsp3) is 0.571. The van der Waals surface area contributed by atoms with E-state index in [1.54, 1.807) is 12.1 Å². The van der Waals surface area contributed by atoms with Crippen LogP contribution in [-0.2, 0) is 10.0 Å². The Balaban J connectivity index is 1.79. The highest BCUT2D eigenvalue weighted by Crippen LogP contribution is 2.13. The van der Waals surface area contributed by atoms with Crippen LogP contribution in [0.2, 0.25) is 0 Å². The van der Waals surface area contributed by atoms with Crippen LogP contribution < -0.4 is 10.0 Å². The molecule has 0 atom stereocenters. The van der Waals surface area contributed by atoms with E-state index in [0.717, 1.165) is 44.7 Å². The number of benzene rings is 1. The molecule has 0 spiro atoms. The van der Waals surface area contributed by atoms with E-state index in [2.05, 4.69) is 14.9 Å². The first-order valence-electron chi connectivity index (χ1n) is 7.08. The second kappa shape index (κ2) is 7.17. The monoisotopic (exact) mass is 297 g/mol. The molecule has 2 N–H and O–H groups in total. The zero-order valence-corrected chi connectivity index (χ0v) is 12.7. The van der Waals surface area contributed by atoms with Crippen molar-refractivity contribution in [1.82, 2.24) is 14.9 Å². The summed E-state index contributed by atoms with van der Waals surface area (Å²) in [7, 11) is -3.37. The third kappa shape index (κ3) is 4.28. The third-order valence-electron chi connectivity index (χ3n) is 3.54. The van der Waals surface area contributed by atoms with E-state index in [1.165, 1.54) is 0 Å². The lowest BCUT2D eigenvalue weighted by Crippen LogP contribution is -2.44. The smallest absolute Gasteiger partial charge is 0.240 e. The number of rotatable bonds is 6. The number of nitrogens with one attached hydrogen (secondary N) is 2. The van der Waals surface area contributed by atoms with Crippen molar-refractivity contribution < 1.29 is 8.42 Å². The van der Waals surface area contributed by atoms with E-state index in [4.69, 9.17) is 0 Å². The van der Waals surface area contributed by atoms with Crippen LogP contribution in [0.4, 0.5) is 0 Å². The summed E-state index contributed by atoms with van der Waals surface area (Å²) in [6.07, 6.45) is 0.838. The Bertz CT molecular complexity index is 525. The molecule has 0 aromatic heterocycles. The molecule has 1 aliphatic rings. The lowest BCUT2D eigenvalue weighted by molar-refractivity contribution is 0.239. The van der Waals surface area contributed by atoms with Gasteiger partial charge in [-0.15, -0.1) is 0 Å². The summed E-state index contributed by atoms with van der Waals surface area (Å²) in [5.74, 6) is 0. The maximum atomic E-state index is 12.2. The zero-order valence-electron chi connectivity index (χ0n) is 11.9. The van der Waals surface area contributed by atoms with Crippen molar-refractivity contribution in [2.75, 3.05) is 39.3 Å². The quantitative estimate of drug-likeness (QED) is 0.754. The molecule has 5 nitrogen and oxygen atoms in total. The van der Waals surface area contributed by atoms with E-state index < -0.39 is 10.0 Å². The highest BCUT2D eigenvalue weighted by Gasteiger charge is 2.15. The van der Waals surface area contributed by atoms with Crippen molar-refractivity contribution in [3.8, 4) is 0 Å². The molecule has 112 valence electrons. The molecule has 0 bridgehead atoms. The summed E-state index contributed by atoms with van der Waals surface area (Å²) in [6, 6.07) is 7.06. The van der Waals surface area contributed by atoms with Crippen molar-refractivity contribution in [3.05, 3.63) is 29.8 Å². The average Bonchev–Trinajstić information content (AvgIpc) is 2.45. The van der Waals surface area contributed by atoms with E-state index in [9.17, 15) is 8.42 Å². The lowest BCUT2D eigenvalue weighted by atomic mass is 10.2. The minimum atomic E-state index is -3.37. The van der Waals surface area contributed by atoms with Crippen molar-refractivity contribution in [3.63, 3.8) is 0 Å². The average molecular weight is 297 g/mol. The minimum Gasteiger partial charge on any atom is -0.314 e. The fourth-order valence-electron chi connectivity index (χ4n) is 2.38. The summed E-state index contributed by atoms with van der Waals surface area (Å²) >= 11 is 0. The Morgan fingerprint density at radius 1 is 1.25 bits per heavy atom. The van der Waals surface area contributed by atoms with Gasteiger partial charge in [-0.25, -0.2) is 13.1 Å². The van der Waals surface area contributed by atoms with E-state index in [1.807, 2.05) is 19.1 Å². The van der Waals surface area contributed by atoms with Gasteiger partial charge in [0.15, 0.2) is 0 Å². The van der Waals surface area contributed by atoms with Crippen LogP contribution in [0.5, 0.6) is 0 Å². The zero-order chi connectivity index (χ0) is 14.4. The highest BCUT2D eigenvalue weighted by atomic mass is 32.2. The third-order valence-corrected chi connectivity index (χ3v) is 5.16. The Hall–Kier alpha value is -0.950. The summed E-state index contributed by atoms with van der Waals surface area (Å²) in [5.41, 5.74) is 0.780. The molecule has 1 saturated heterocycles. The van der Waals surface area contributed by atoms with Gasteiger partial charge in [0.05, 0.1) is 4.90 Å². The molecule has 1 fully saturated rings. The number of sulfonamides is 1. The van der Waals surface area contributed by atoms with Crippen LogP contribution in [0.1, 0.15) is 12.0 Å². The predicted molar refractivity (Wildman–Crippen MR) is 80.3 cm³/mol. The van der Waals surface area contributed by atoms with E-state index in [-0.39, 0.29) is 0 Å². The largest absolute Gasteiger partial charge is 0.314 e. The van der Waals surface area contributed by atoms with Gasteiger partial charge in [-0.05, 0) is 31.5 Å². The Kier molecular flexibility index (Phi) is 5.54. The normalized spacial score (nSPS) is 17.2. The van der Waals surface area contributed by atoms with Gasteiger partial charge < -0.3 is 10.2 Å². The molecule has 0 aliphatic carbocycles. The molecule has 0 radical (unpaired) electrons. The van der Waals surface area contributed by atoms with Crippen LogP contribution in [0, 0.1) is 6.92 Å². The van der Waals surface area contributed by atoms with Gasteiger partial charge in [0, 0.05) is 32.7 Å². The maximum Gasteiger partial charge on any atom is 0.240 e. The molecule has 1 aliphatic heterocycles. The lowest BCUT2D eigenvalue weighted by Gasteiger charge is -2.27. The van der Waals surface area contributed by atoms with Crippen LogP contribution in [-0.4, -0.2) is 52.6 Å². The molecule has 0 unspecified atom stereocenters. The first kappa shape index (κ1) is 15.4. The second-order valence-electron chi connectivity index (χ2n) is 5.11. The van der Waals surface area contributed by atoms with Gasteiger partial charge >= 0.3 is 0 Å². The molecular weight excluding hydrogens is 274 g/mol. The molecule has 2 rings (SSSR count). The summed E-state index contributed by atoms with van der Waals surface area (Å²) in [4.78, 5) is 2.74. The molecule has 1 aromatic carbocycles. The Morgan fingerprint density at radius 3 is 2.65 bits per heavy atom. The topological polar surface area (TPSA) is 61.4 Å². The van der Waals surface area contributed by atoms with Gasteiger partial charge in [-0.2, -0.15) is 0 Å². The Morgan fingerprint density at radius 2 is 1.95 bits per heavy atom. The van der Waals surface area contributed by atoms with Crippen molar-refractivity contribution in [2.24, 2.45) is 0 Å². The summed E-state index contributed by atoms with van der Waals surface area (Å²) in [5, 5.41) is 3.30. The number of hydrogen-bond acceptors (Lipinski definition) is 4. The second-order valence-corrected chi connectivity index (χ2v) is 6.84. The molecule has 6 heteroatoms. The van der Waals surface area contributed by atoms with Crippen molar-refractivity contribution in [1.29, 1.82) is 0 Å². The SMILES string of the molecule is Cc1ccccc1S(=O)(=O)NCCCN1CCNCC1. The first-order valence-corrected chi connectivity index (χ1v) is 8.56. The predicted octanol–water partition coefficient (Wildman–Crippen LogP) is 0.569. The van der Waals surface area contributed by atoms with Crippen LogP contribution >= 0.6 is 0 Å². The summed E-state index contributed by atoms with van der Waals surface area (Å²) < 4.78 is 27.0. The van der Waals surface area contributed by atoms with Crippen LogP contribution in [0.15, 0.2) is 29.2 Å². The Labute approximate surface area is 121 Å². The van der Waals surface area contributed by atoms with E-state index in [0.29, 0.717) is 11.4 Å². The molecule has 0 amide bonds. The fourth-order valence-corrected chi connectivity index (χ4v) is 3.70. The molecule has 20 heavy (non-hydrogen) atoms. The minimum absolute atomic E-state index is 0.377.